The lowest BCUT2D eigenvalue weighted by Crippen LogP contribution is -2.46. The first-order chi connectivity index (χ1) is 30.9. The normalized spacial score (nSPS) is 13.7. The van der Waals surface area contributed by atoms with E-state index in [-0.39, 0.29) is 25.7 Å². The Hall–Kier alpha value is -0.500. The predicted molar refractivity (Wildman–Crippen MR) is 272 cm³/mol. The number of hydrogen-bond donors (Lipinski definition) is 4. The number of nitrogens with two attached hydrogens (primary N) is 1. The summed E-state index contributed by atoms with van der Waals surface area (Å²) in [5, 5.41) is 13.8. The Morgan fingerprint density at radius 3 is 1.02 bits per heavy atom. The van der Waals surface area contributed by atoms with Gasteiger partial charge in [0.15, 0.2) is 0 Å². The van der Waals surface area contributed by atoms with Crippen molar-refractivity contribution in [2.75, 3.05) is 19.8 Å². The molecular weight excluding hydrogens is 804 g/mol. The SMILES string of the molecule is CCCCCCCCCCCCCCCCCCCCCCCCCCCCCCCCCCCC(=O)N[C@@H](COP(=O)(O)OCCN)[C@H](O)CCCCCCCCCCCCC. The van der Waals surface area contributed by atoms with Crippen molar-refractivity contribution in [3.63, 3.8) is 0 Å². The Morgan fingerprint density at radius 1 is 0.460 bits per heavy atom. The number of carbonyl (C=O) groups excluding carboxylic acids is 1. The Kier molecular flexibility index (Phi) is 50.5. The van der Waals surface area contributed by atoms with E-state index in [9.17, 15) is 19.4 Å². The number of amides is 1. The molecule has 0 aliphatic heterocycles. The number of phosphoric acid groups is 1. The molecule has 0 bridgehead atoms. The molecule has 0 saturated carbocycles. The zero-order valence-electron chi connectivity index (χ0n) is 42.4. The Morgan fingerprint density at radius 2 is 0.730 bits per heavy atom. The van der Waals surface area contributed by atoms with Gasteiger partial charge >= 0.3 is 7.82 Å². The molecule has 378 valence electrons. The molecule has 8 nitrogen and oxygen atoms in total. The number of hydrogen-bond acceptors (Lipinski definition) is 6. The number of aliphatic hydroxyl groups excluding tert-OH is 1. The van der Waals surface area contributed by atoms with E-state index in [1.165, 1.54) is 244 Å². The molecule has 0 heterocycles. The monoisotopic (exact) mass is 915 g/mol. The number of carbonyl (C=O) groups is 1. The Bertz CT molecular complexity index is 957. The molecule has 0 radical (unpaired) electrons. The fraction of sp³-hybridized carbons (Fsp3) is 0.981. The molecule has 0 aliphatic carbocycles. The van der Waals surface area contributed by atoms with Gasteiger partial charge in [0.25, 0.3) is 0 Å². The van der Waals surface area contributed by atoms with Crippen molar-refractivity contribution in [3.05, 3.63) is 0 Å². The van der Waals surface area contributed by atoms with Crippen molar-refractivity contribution >= 4 is 13.7 Å². The molecule has 0 aliphatic rings. The molecule has 0 aromatic carbocycles. The van der Waals surface area contributed by atoms with Gasteiger partial charge in [0, 0.05) is 13.0 Å². The second kappa shape index (κ2) is 50.9. The number of unbranched alkanes of at least 4 members (excludes halogenated alkanes) is 42. The minimum atomic E-state index is -4.31. The summed E-state index contributed by atoms with van der Waals surface area (Å²) in [7, 11) is -4.31. The molecule has 0 spiro atoms. The van der Waals surface area contributed by atoms with Crippen molar-refractivity contribution in [3.8, 4) is 0 Å². The lowest BCUT2D eigenvalue weighted by molar-refractivity contribution is -0.123. The molecule has 0 saturated heterocycles. The van der Waals surface area contributed by atoms with Gasteiger partial charge in [-0.2, -0.15) is 0 Å². The zero-order chi connectivity index (χ0) is 46.0. The van der Waals surface area contributed by atoms with Crippen LogP contribution in [0.2, 0.25) is 0 Å². The summed E-state index contributed by atoms with van der Waals surface area (Å²) < 4.78 is 22.2. The van der Waals surface area contributed by atoms with Gasteiger partial charge in [-0.25, -0.2) is 4.57 Å². The zero-order valence-corrected chi connectivity index (χ0v) is 43.2. The van der Waals surface area contributed by atoms with E-state index in [4.69, 9.17) is 14.8 Å². The minimum Gasteiger partial charge on any atom is -0.391 e. The van der Waals surface area contributed by atoms with E-state index >= 15 is 0 Å². The van der Waals surface area contributed by atoms with Crippen LogP contribution in [0.4, 0.5) is 0 Å². The predicted octanol–water partition coefficient (Wildman–Crippen LogP) is 16.9. The van der Waals surface area contributed by atoms with E-state index in [0.29, 0.717) is 12.8 Å². The van der Waals surface area contributed by atoms with Gasteiger partial charge in [-0.3, -0.25) is 13.8 Å². The van der Waals surface area contributed by atoms with Gasteiger partial charge in [0.1, 0.15) is 0 Å². The second-order valence-electron chi connectivity index (χ2n) is 19.5. The van der Waals surface area contributed by atoms with Gasteiger partial charge in [-0.05, 0) is 12.8 Å². The lowest BCUT2D eigenvalue weighted by Gasteiger charge is -2.25. The van der Waals surface area contributed by atoms with Crippen molar-refractivity contribution < 1.29 is 28.4 Å². The molecule has 9 heteroatoms. The van der Waals surface area contributed by atoms with E-state index in [1.54, 1.807) is 0 Å². The minimum absolute atomic E-state index is 0.0926. The van der Waals surface area contributed by atoms with Gasteiger partial charge in [-0.15, -0.1) is 0 Å². The highest BCUT2D eigenvalue weighted by atomic mass is 31.2. The van der Waals surface area contributed by atoms with Crippen LogP contribution in [0.5, 0.6) is 0 Å². The maximum absolute atomic E-state index is 12.8. The molecule has 0 aromatic heterocycles. The maximum Gasteiger partial charge on any atom is 0.472 e. The summed E-state index contributed by atoms with van der Waals surface area (Å²) in [5.74, 6) is -0.155. The fourth-order valence-electron chi connectivity index (χ4n) is 8.97. The van der Waals surface area contributed by atoms with E-state index in [0.717, 1.165) is 38.5 Å². The Labute approximate surface area is 392 Å². The van der Waals surface area contributed by atoms with E-state index < -0.39 is 20.0 Å². The van der Waals surface area contributed by atoms with Crippen LogP contribution in [0.1, 0.15) is 309 Å². The maximum atomic E-state index is 12.8. The van der Waals surface area contributed by atoms with E-state index in [1.807, 2.05) is 0 Å². The summed E-state index contributed by atoms with van der Waals surface area (Å²) in [6, 6.07) is -0.768. The topological polar surface area (TPSA) is 131 Å². The lowest BCUT2D eigenvalue weighted by atomic mass is 10.0. The third-order valence-electron chi connectivity index (χ3n) is 13.2. The van der Waals surface area contributed by atoms with Crippen LogP contribution in [-0.4, -0.2) is 47.8 Å². The summed E-state index contributed by atoms with van der Waals surface area (Å²) in [6.45, 7) is 4.24. The highest BCUT2D eigenvalue weighted by Crippen LogP contribution is 2.43. The average Bonchev–Trinajstić information content (AvgIpc) is 3.27. The highest BCUT2D eigenvalue weighted by Gasteiger charge is 2.27. The average molecular weight is 915 g/mol. The molecule has 63 heavy (non-hydrogen) atoms. The van der Waals surface area contributed by atoms with E-state index in [2.05, 4.69) is 19.2 Å². The van der Waals surface area contributed by atoms with Crippen LogP contribution in [-0.2, 0) is 18.4 Å². The van der Waals surface area contributed by atoms with Crippen molar-refractivity contribution in [1.29, 1.82) is 0 Å². The van der Waals surface area contributed by atoms with Crippen LogP contribution in [0.3, 0.4) is 0 Å². The third kappa shape index (κ3) is 49.2. The van der Waals surface area contributed by atoms with Crippen LogP contribution >= 0.6 is 7.82 Å². The van der Waals surface area contributed by atoms with Gasteiger partial charge in [0.05, 0.1) is 25.4 Å². The third-order valence-corrected chi connectivity index (χ3v) is 14.2. The van der Waals surface area contributed by atoms with Crippen LogP contribution in [0.15, 0.2) is 0 Å². The molecule has 5 N–H and O–H groups in total. The molecule has 3 atom stereocenters. The summed E-state index contributed by atoms with van der Waals surface area (Å²) in [6.07, 6.45) is 58.9. The molecular formula is C54H111N2O6P. The molecule has 0 rings (SSSR count). The largest absolute Gasteiger partial charge is 0.472 e. The molecule has 0 aromatic rings. The van der Waals surface area contributed by atoms with Crippen LogP contribution in [0.25, 0.3) is 0 Å². The number of nitrogens with one attached hydrogen (secondary N) is 1. The van der Waals surface area contributed by atoms with Gasteiger partial charge < -0.3 is 21.1 Å². The van der Waals surface area contributed by atoms with Gasteiger partial charge in [0.2, 0.25) is 5.91 Å². The first kappa shape index (κ1) is 62.5. The summed E-state index contributed by atoms with van der Waals surface area (Å²) in [4.78, 5) is 22.8. The van der Waals surface area contributed by atoms with Crippen molar-refractivity contribution in [2.45, 2.75) is 321 Å². The highest BCUT2D eigenvalue weighted by molar-refractivity contribution is 7.47. The quantitative estimate of drug-likeness (QED) is 0.0353. The van der Waals surface area contributed by atoms with Crippen LogP contribution in [0, 0.1) is 0 Å². The van der Waals surface area contributed by atoms with Crippen molar-refractivity contribution in [1.82, 2.24) is 5.32 Å². The Balaban J connectivity index is 3.73. The molecule has 1 amide bonds. The summed E-state index contributed by atoms with van der Waals surface area (Å²) >= 11 is 0. The smallest absolute Gasteiger partial charge is 0.391 e. The first-order valence-electron chi connectivity index (χ1n) is 28.2. The number of aliphatic hydroxyl groups is 1. The molecule has 0 fully saturated rings. The standard InChI is InChI=1S/C54H111N2O6P/c1-3-5-7-9-11-13-15-16-17-18-19-20-21-22-23-24-25-26-27-28-29-30-31-32-33-34-35-36-38-40-42-44-46-48-54(58)56-52(51-62-63(59,60)61-50-49-55)53(57)47-45-43-41-39-37-14-12-10-8-6-4-2/h52-53,57H,3-51,55H2,1-2H3,(H,56,58)(H,59,60)/t52-,53+/m0/s1. The van der Waals surface area contributed by atoms with Crippen molar-refractivity contribution in [2.24, 2.45) is 5.73 Å². The number of phosphoric ester groups is 1. The fourth-order valence-corrected chi connectivity index (χ4v) is 9.73. The van der Waals surface area contributed by atoms with Crippen LogP contribution < -0.4 is 11.1 Å². The second-order valence-corrected chi connectivity index (χ2v) is 21.0. The number of rotatable bonds is 54. The first-order valence-corrected chi connectivity index (χ1v) is 29.6. The molecule has 1 unspecified atom stereocenters. The van der Waals surface area contributed by atoms with Gasteiger partial charge in [-0.1, -0.05) is 290 Å². The summed E-state index contributed by atoms with van der Waals surface area (Å²) in [5.41, 5.74) is 5.39.